The lowest BCUT2D eigenvalue weighted by molar-refractivity contribution is -0.141. The second-order valence-corrected chi connectivity index (χ2v) is 13.4. The number of ether oxygens (including phenoxy) is 4. The number of benzene rings is 1. The van der Waals surface area contributed by atoms with Crippen LogP contribution in [0.1, 0.15) is 44.1 Å². The second-order valence-electron chi connectivity index (χ2n) is 13.4. The van der Waals surface area contributed by atoms with Crippen LogP contribution in [-0.4, -0.2) is 156 Å². The van der Waals surface area contributed by atoms with Crippen LogP contribution in [-0.2, 0) is 58.9 Å². The molecule has 11 N–H and O–H groups in total. The maximum atomic E-state index is 13.9. The van der Waals surface area contributed by atoms with Crippen LogP contribution in [0.25, 0.3) is 10.4 Å². The van der Waals surface area contributed by atoms with Gasteiger partial charge in [-0.05, 0) is 43.2 Å². The highest BCUT2D eigenvalue weighted by Crippen LogP contribution is 2.09. The van der Waals surface area contributed by atoms with E-state index >= 15 is 0 Å². The summed E-state index contributed by atoms with van der Waals surface area (Å²) in [6, 6.07) is 3.26. The molecule has 338 valence electrons. The maximum Gasteiger partial charge on any atom is 0.305 e. The molecular formula is C37H58N12O12. The molecule has 1 saturated heterocycles. The lowest BCUT2D eigenvalue weighted by Gasteiger charge is -2.26. The summed E-state index contributed by atoms with van der Waals surface area (Å²) in [4.78, 5) is 97.7. The van der Waals surface area contributed by atoms with Crippen molar-refractivity contribution in [3.05, 3.63) is 46.3 Å². The van der Waals surface area contributed by atoms with Crippen LogP contribution < -0.4 is 43.4 Å². The number of nitrogens with two attached hydrogens (primary N) is 2. The van der Waals surface area contributed by atoms with Crippen LogP contribution in [0.3, 0.4) is 0 Å². The van der Waals surface area contributed by atoms with Crippen LogP contribution >= 0.6 is 0 Å². The molecule has 1 fully saturated rings. The zero-order valence-corrected chi connectivity index (χ0v) is 34.0. The van der Waals surface area contributed by atoms with E-state index in [0.717, 1.165) is 0 Å². The molecule has 1 aliphatic heterocycles. The van der Waals surface area contributed by atoms with Gasteiger partial charge < -0.3 is 67.4 Å². The van der Waals surface area contributed by atoms with Crippen molar-refractivity contribution in [2.45, 2.75) is 69.1 Å². The first-order valence-electron chi connectivity index (χ1n) is 19.8. The van der Waals surface area contributed by atoms with Gasteiger partial charge in [0, 0.05) is 31.0 Å². The molecule has 0 saturated carbocycles. The van der Waals surface area contributed by atoms with Crippen LogP contribution in [0, 0.1) is 0 Å². The minimum atomic E-state index is -1.61. The third-order valence-corrected chi connectivity index (χ3v) is 8.57. The molecule has 2 rings (SSSR count). The van der Waals surface area contributed by atoms with Gasteiger partial charge in [-0.3, -0.25) is 38.6 Å². The molecule has 61 heavy (non-hydrogen) atoms. The van der Waals surface area contributed by atoms with Gasteiger partial charge in [-0.1, -0.05) is 35.4 Å². The topological polar surface area (TPSA) is 362 Å². The number of rotatable bonds is 27. The molecule has 1 aromatic carbocycles. The Balaban J connectivity index is 2.04. The molecule has 24 nitrogen and oxygen atoms in total. The van der Waals surface area contributed by atoms with E-state index in [4.69, 9.17) is 35.9 Å². The number of unbranched alkanes of at least 4 members (excludes halogenated alkanes) is 1. The van der Waals surface area contributed by atoms with Crippen molar-refractivity contribution in [3.8, 4) is 0 Å². The summed E-state index contributed by atoms with van der Waals surface area (Å²) in [7, 11) is 0. The number of carbonyl (C=O) groups is 7. The first-order chi connectivity index (χ1) is 29.4. The van der Waals surface area contributed by atoms with E-state index in [0.29, 0.717) is 51.4 Å². The van der Waals surface area contributed by atoms with E-state index in [1.807, 2.05) is 0 Å². The Kier molecular flexibility index (Phi) is 25.9. The average molecular weight is 863 g/mol. The zero-order chi connectivity index (χ0) is 44.7. The number of carboxylic acid groups (broad SMARTS) is 1. The zero-order valence-electron chi connectivity index (χ0n) is 34.0. The van der Waals surface area contributed by atoms with E-state index in [-0.39, 0.29) is 77.0 Å². The third-order valence-electron chi connectivity index (χ3n) is 8.57. The maximum absolute atomic E-state index is 13.9. The largest absolute Gasteiger partial charge is 0.481 e. The van der Waals surface area contributed by atoms with E-state index in [9.17, 15) is 38.7 Å². The number of aliphatic carboxylic acids is 1. The van der Waals surface area contributed by atoms with Crippen LogP contribution in [0.4, 0.5) is 0 Å². The lowest BCUT2D eigenvalue weighted by atomic mass is 10.0. The van der Waals surface area contributed by atoms with Crippen LogP contribution in [0.15, 0.2) is 40.4 Å². The lowest BCUT2D eigenvalue weighted by Crippen LogP contribution is -2.58. The first kappa shape index (κ1) is 51.1. The highest BCUT2D eigenvalue weighted by atomic mass is 16.6. The molecule has 0 unspecified atom stereocenters. The van der Waals surface area contributed by atoms with Crippen molar-refractivity contribution in [3.63, 3.8) is 0 Å². The van der Waals surface area contributed by atoms with Gasteiger partial charge in [0.05, 0.1) is 59.2 Å². The Labute approximate surface area is 352 Å². The molecule has 1 aliphatic rings. The quantitative estimate of drug-likeness (QED) is 0.0110. The number of carboxylic acids is 1. The van der Waals surface area contributed by atoms with Gasteiger partial charge in [0.25, 0.3) is 0 Å². The fourth-order valence-corrected chi connectivity index (χ4v) is 5.56. The smallest absolute Gasteiger partial charge is 0.305 e. The normalized spacial score (nSPS) is 18.7. The molecule has 0 aliphatic carbocycles. The summed E-state index contributed by atoms with van der Waals surface area (Å²) < 4.78 is 21.3. The van der Waals surface area contributed by atoms with Crippen molar-refractivity contribution < 1.29 is 57.6 Å². The van der Waals surface area contributed by atoms with Crippen molar-refractivity contribution >= 4 is 47.4 Å². The standard InChI is InChI=1S/C37H58N12O12/c38-37(39)42-12-6-10-26-33(54)43-23-30(50)45-29(22-32(52)53)36(57)48-28(21-25-7-2-1-3-8-25)35(56)47-27(34(55)46-26)9-4-5-11-41-31(51)24-61-20-19-60-18-17-59-16-15-58-14-13-44-49-40/h1-3,7-8,26-29H,4-6,9-24H2,(H,41,51)(H,43,54)(H,45,50)(H,46,55)(H,47,56)(H,48,57)(H,52,53)(H4,38,39,42)/t26-,27-,28+,29-/m0/s1. The fraction of sp³-hybridized carbons (Fsp3) is 0.622. The summed E-state index contributed by atoms with van der Waals surface area (Å²) in [6.07, 6.45) is 0.132. The average Bonchev–Trinajstić information content (AvgIpc) is 3.22. The number of guanidine groups is 1. The first-order valence-corrected chi connectivity index (χ1v) is 19.8. The van der Waals surface area contributed by atoms with Gasteiger partial charge in [-0.2, -0.15) is 0 Å². The van der Waals surface area contributed by atoms with Crippen LogP contribution in [0.5, 0.6) is 0 Å². The number of hydrogen-bond donors (Lipinski definition) is 9. The summed E-state index contributed by atoms with van der Waals surface area (Å²) in [6.45, 7) is 1.79. The Hall–Kier alpha value is -6.07. The van der Waals surface area contributed by atoms with Gasteiger partial charge in [0.1, 0.15) is 30.8 Å². The van der Waals surface area contributed by atoms with Gasteiger partial charge in [-0.25, -0.2) is 0 Å². The summed E-state index contributed by atoms with van der Waals surface area (Å²) in [5, 5.41) is 28.1. The molecule has 4 atom stereocenters. The van der Waals surface area contributed by atoms with Gasteiger partial charge in [0.2, 0.25) is 35.4 Å². The van der Waals surface area contributed by atoms with E-state index in [1.165, 1.54) is 0 Å². The van der Waals surface area contributed by atoms with Crippen LogP contribution in [0.2, 0.25) is 0 Å². The van der Waals surface area contributed by atoms with E-state index in [1.54, 1.807) is 30.3 Å². The highest BCUT2D eigenvalue weighted by molar-refractivity contribution is 5.98. The number of nitrogens with one attached hydrogen (secondary N) is 6. The van der Waals surface area contributed by atoms with E-state index in [2.05, 4.69) is 46.9 Å². The molecule has 0 radical (unpaired) electrons. The van der Waals surface area contributed by atoms with Gasteiger partial charge >= 0.3 is 5.97 Å². The second kappa shape index (κ2) is 30.9. The molecule has 1 aromatic rings. The molecular weight excluding hydrogens is 804 g/mol. The van der Waals surface area contributed by atoms with Gasteiger partial charge in [0.15, 0.2) is 5.96 Å². The minimum absolute atomic E-state index is 0.0303. The molecule has 24 heteroatoms. The molecule has 6 amide bonds. The van der Waals surface area contributed by atoms with Crippen molar-refractivity contribution in [2.75, 3.05) is 79.0 Å². The number of amides is 6. The van der Waals surface area contributed by atoms with Crippen molar-refractivity contribution in [1.29, 1.82) is 0 Å². The Morgan fingerprint density at radius 2 is 1.31 bits per heavy atom. The highest BCUT2D eigenvalue weighted by Gasteiger charge is 2.33. The molecule has 0 aromatic heterocycles. The Morgan fingerprint density at radius 1 is 0.738 bits per heavy atom. The summed E-state index contributed by atoms with van der Waals surface area (Å²) in [5.41, 5.74) is 19.7. The SMILES string of the molecule is [N-]=[N+]=NCCOCCOCCOCCOCC(=O)NCCCC[C@@H]1NC(=O)[C@@H](Cc2ccccc2)NC(=O)[C@H](CC(=O)O)NC(=O)CNC(=O)[C@H](CCCN=C(N)N)NC1=O. The fourth-order valence-electron chi connectivity index (χ4n) is 5.56. The molecule has 0 bridgehead atoms. The summed E-state index contributed by atoms with van der Waals surface area (Å²) >= 11 is 0. The Bertz CT molecular complexity index is 1630. The predicted molar refractivity (Wildman–Crippen MR) is 217 cm³/mol. The third kappa shape index (κ3) is 23.9. The molecule has 0 spiro atoms. The Morgan fingerprint density at radius 3 is 1.95 bits per heavy atom. The predicted octanol–water partition coefficient (Wildman–Crippen LogP) is -2.51. The monoisotopic (exact) mass is 862 g/mol. The number of azide groups is 1. The van der Waals surface area contributed by atoms with Crippen molar-refractivity contribution in [1.82, 2.24) is 31.9 Å². The van der Waals surface area contributed by atoms with Crippen molar-refractivity contribution in [2.24, 2.45) is 21.6 Å². The minimum Gasteiger partial charge on any atom is -0.481 e. The number of carbonyl (C=O) groups excluding carboxylic acids is 6. The van der Waals surface area contributed by atoms with Gasteiger partial charge in [-0.15, -0.1) is 0 Å². The van der Waals surface area contributed by atoms with E-state index < -0.39 is 72.6 Å². The number of nitrogens with zero attached hydrogens (tertiary/aromatic N) is 4. The summed E-state index contributed by atoms with van der Waals surface area (Å²) in [5.74, 6) is -6.10. The number of hydrogen-bond acceptors (Lipinski definition) is 13. The molecule has 1 heterocycles. The number of aliphatic imine (C=N–C) groups is 1.